The lowest BCUT2D eigenvalue weighted by atomic mass is 10.0. The summed E-state index contributed by atoms with van der Waals surface area (Å²) in [5, 5.41) is 5.50. The molecule has 2 aliphatic rings. The maximum absolute atomic E-state index is 12.8. The number of carbonyl (C=O) groups excluding carboxylic acids is 1. The number of thiazole rings is 1. The second-order valence-electron chi connectivity index (χ2n) is 6.81. The van der Waals surface area contributed by atoms with E-state index in [2.05, 4.69) is 10.3 Å². The van der Waals surface area contributed by atoms with E-state index in [0.29, 0.717) is 25.5 Å². The fraction of sp³-hybridized carbons (Fsp3) is 0.368. The number of rotatable bonds is 3. The van der Waals surface area contributed by atoms with E-state index in [0.717, 1.165) is 41.5 Å². The predicted octanol–water partition coefficient (Wildman–Crippen LogP) is 2.88. The van der Waals surface area contributed by atoms with Crippen LogP contribution in [0, 0.1) is 0 Å². The molecule has 8 heteroatoms. The number of anilines is 1. The number of carbonyl (C=O) groups is 1. The monoisotopic (exact) mass is 384 g/mol. The van der Waals surface area contributed by atoms with Gasteiger partial charge >= 0.3 is 0 Å². The van der Waals surface area contributed by atoms with E-state index in [1.165, 1.54) is 11.3 Å². The number of hydrogen-bond acceptors (Lipinski definition) is 6. The van der Waals surface area contributed by atoms with Crippen LogP contribution in [0.15, 0.2) is 36.0 Å². The van der Waals surface area contributed by atoms with E-state index in [-0.39, 0.29) is 11.9 Å². The molecule has 4 heterocycles. The van der Waals surface area contributed by atoms with Crippen molar-refractivity contribution in [1.82, 2.24) is 14.3 Å². The van der Waals surface area contributed by atoms with Crippen LogP contribution in [0.3, 0.4) is 0 Å². The van der Waals surface area contributed by atoms with Crippen LogP contribution in [0.2, 0.25) is 0 Å². The zero-order chi connectivity index (χ0) is 18.2. The average molecular weight is 384 g/mol. The number of aromatic nitrogens is 2. The average Bonchev–Trinajstić information content (AvgIpc) is 3.30. The number of nitrogens with one attached hydrogen (secondary N) is 1. The summed E-state index contributed by atoms with van der Waals surface area (Å²) in [5.41, 5.74) is 1.50. The second-order valence-corrected chi connectivity index (χ2v) is 7.69. The second kappa shape index (κ2) is 6.77. The summed E-state index contributed by atoms with van der Waals surface area (Å²) in [6.07, 6.45) is 5.73. The molecule has 2 aliphatic heterocycles. The molecule has 7 nitrogen and oxygen atoms in total. The van der Waals surface area contributed by atoms with Gasteiger partial charge in [-0.15, -0.1) is 11.3 Å². The van der Waals surface area contributed by atoms with Crippen molar-refractivity contribution in [2.45, 2.75) is 18.9 Å². The van der Waals surface area contributed by atoms with Gasteiger partial charge in [-0.1, -0.05) is 0 Å². The Morgan fingerprint density at radius 2 is 2.15 bits per heavy atom. The number of nitrogens with zero attached hydrogens (tertiary/aromatic N) is 3. The van der Waals surface area contributed by atoms with Gasteiger partial charge in [-0.25, -0.2) is 4.98 Å². The quantitative estimate of drug-likeness (QED) is 0.752. The molecule has 5 rings (SSSR count). The van der Waals surface area contributed by atoms with Crippen LogP contribution in [0.1, 0.15) is 23.3 Å². The van der Waals surface area contributed by atoms with Crippen molar-refractivity contribution in [2.75, 3.05) is 31.6 Å². The maximum Gasteiger partial charge on any atom is 0.274 e. The predicted molar refractivity (Wildman–Crippen MR) is 103 cm³/mol. The van der Waals surface area contributed by atoms with E-state index in [1.54, 1.807) is 0 Å². The van der Waals surface area contributed by atoms with Gasteiger partial charge in [0.2, 0.25) is 0 Å². The number of piperidine rings is 1. The molecule has 0 aliphatic carbocycles. The van der Waals surface area contributed by atoms with Crippen LogP contribution in [-0.4, -0.2) is 52.5 Å². The third-order valence-corrected chi connectivity index (χ3v) is 5.70. The Hall–Kier alpha value is -2.74. The number of benzene rings is 1. The van der Waals surface area contributed by atoms with Gasteiger partial charge in [0.25, 0.3) is 5.91 Å². The number of amides is 1. The first-order chi connectivity index (χ1) is 13.3. The Balaban J connectivity index is 1.28. The minimum Gasteiger partial charge on any atom is -0.486 e. The van der Waals surface area contributed by atoms with E-state index in [1.807, 2.05) is 45.3 Å². The molecular formula is C19H20N4O3S. The van der Waals surface area contributed by atoms with Crippen LogP contribution in [0.4, 0.5) is 5.69 Å². The third-order valence-electron chi connectivity index (χ3n) is 4.93. The van der Waals surface area contributed by atoms with E-state index in [9.17, 15) is 4.79 Å². The zero-order valence-corrected chi connectivity index (χ0v) is 15.6. The summed E-state index contributed by atoms with van der Waals surface area (Å²) in [7, 11) is 0. The topological polar surface area (TPSA) is 68.1 Å². The van der Waals surface area contributed by atoms with Crippen LogP contribution in [-0.2, 0) is 0 Å². The Kier molecular flexibility index (Phi) is 4.12. The van der Waals surface area contributed by atoms with Gasteiger partial charge in [-0.3, -0.25) is 9.20 Å². The molecule has 2 aromatic heterocycles. The van der Waals surface area contributed by atoms with Gasteiger partial charge in [0.1, 0.15) is 18.9 Å². The molecule has 1 amide bonds. The molecule has 1 atom stereocenters. The Labute approximate surface area is 160 Å². The van der Waals surface area contributed by atoms with E-state index in [4.69, 9.17) is 9.47 Å². The van der Waals surface area contributed by atoms with Gasteiger partial charge in [-0.2, -0.15) is 0 Å². The highest BCUT2D eigenvalue weighted by atomic mass is 32.1. The van der Waals surface area contributed by atoms with Crippen LogP contribution in [0.5, 0.6) is 11.5 Å². The molecule has 0 saturated carbocycles. The van der Waals surface area contributed by atoms with Crippen molar-refractivity contribution >= 4 is 27.9 Å². The smallest absolute Gasteiger partial charge is 0.274 e. The molecule has 0 spiro atoms. The van der Waals surface area contributed by atoms with Crippen molar-refractivity contribution in [3.63, 3.8) is 0 Å². The first-order valence-corrected chi connectivity index (χ1v) is 10.0. The van der Waals surface area contributed by atoms with Gasteiger partial charge in [0, 0.05) is 48.7 Å². The highest BCUT2D eigenvalue weighted by molar-refractivity contribution is 7.15. The van der Waals surface area contributed by atoms with E-state index >= 15 is 0 Å². The largest absolute Gasteiger partial charge is 0.486 e. The Morgan fingerprint density at radius 3 is 3.04 bits per heavy atom. The highest BCUT2D eigenvalue weighted by Gasteiger charge is 2.26. The molecular weight excluding hydrogens is 364 g/mol. The molecule has 3 aromatic rings. The normalized spacial score (nSPS) is 19.3. The Morgan fingerprint density at radius 1 is 1.26 bits per heavy atom. The van der Waals surface area contributed by atoms with E-state index < -0.39 is 0 Å². The van der Waals surface area contributed by atoms with Gasteiger partial charge in [0.05, 0.1) is 0 Å². The first-order valence-electron chi connectivity index (χ1n) is 9.14. The standard InChI is InChI=1S/C19H20N4O3S/c24-18(15-12-23-6-9-27-19(23)21-15)22-5-1-2-14(11-22)20-13-3-4-16-17(10-13)26-8-7-25-16/h3-4,6,9-10,12,14,20H,1-2,5,7-8,11H2/t14-/m1/s1. The summed E-state index contributed by atoms with van der Waals surface area (Å²) < 4.78 is 13.1. The van der Waals surface area contributed by atoms with Crippen LogP contribution < -0.4 is 14.8 Å². The highest BCUT2D eigenvalue weighted by Crippen LogP contribution is 2.33. The van der Waals surface area contributed by atoms with Crippen molar-refractivity contribution < 1.29 is 14.3 Å². The SMILES string of the molecule is O=C(c1cn2ccsc2n1)N1CCC[C@@H](Nc2ccc3c(c2)OCCO3)C1. The molecule has 1 aromatic carbocycles. The molecule has 1 saturated heterocycles. The number of fused-ring (bicyclic) bond motifs is 2. The number of hydrogen-bond donors (Lipinski definition) is 1. The minimum absolute atomic E-state index is 0.000394. The van der Waals surface area contributed by atoms with Gasteiger partial charge in [0.15, 0.2) is 16.5 Å². The summed E-state index contributed by atoms with van der Waals surface area (Å²) in [6, 6.07) is 6.10. The fourth-order valence-electron chi connectivity index (χ4n) is 3.64. The third kappa shape index (κ3) is 3.21. The summed E-state index contributed by atoms with van der Waals surface area (Å²) >= 11 is 1.53. The zero-order valence-electron chi connectivity index (χ0n) is 14.8. The summed E-state index contributed by atoms with van der Waals surface area (Å²) in [4.78, 5) is 20.0. The lowest BCUT2D eigenvalue weighted by Gasteiger charge is -2.33. The first kappa shape index (κ1) is 16.4. The van der Waals surface area contributed by atoms with Crippen molar-refractivity contribution in [1.29, 1.82) is 0 Å². The Bertz CT molecular complexity index is 954. The van der Waals surface area contributed by atoms with Gasteiger partial charge < -0.3 is 19.7 Å². The maximum atomic E-state index is 12.8. The molecule has 140 valence electrons. The van der Waals surface area contributed by atoms with Crippen molar-refractivity contribution in [3.05, 3.63) is 41.7 Å². The molecule has 0 unspecified atom stereocenters. The minimum atomic E-state index is -0.000394. The van der Waals surface area contributed by atoms with Crippen LogP contribution >= 0.6 is 11.3 Å². The van der Waals surface area contributed by atoms with Gasteiger partial charge in [-0.05, 0) is 25.0 Å². The molecule has 1 N–H and O–H groups in total. The van der Waals surface area contributed by atoms with Crippen molar-refractivity contribution in [3.8, 4) is 11.5 Å². The molecule has 27 heavy (non-hydrogen) atoms. The lowest BCUT2D eigenvalue weighted by molar-refractivity contribution is 0.0709. The molecule has 0 radical (unpaired) electrons. The number of ether oxygens (including phenoxy) is 2. The fourth-order valence-corrected chi connectivity index (χ4v) is 4.34. The molecule has 1 fully saturated rings. The summed E-state index contributed by atoms with van der Waals surface area (Å²) in [6.45, 7) is 2.59. The number of imidazole rings is 1. The van der Waals surface area contributed by atoms with Crippen molar-refractivity contribution in [2.24, 2.45) is 0 Å². The number of likely N-dealkylation sites (tertiary alicyclic amines) is 1. The van der Waals surface area contributed by atoms with Crippen LogP contribution in [0.25, 0.3) is 4.96 Å². The molecule has 0 bridgehead atoms. The lowest BCUT2D eigenvalue weighted by Crippen LogP contribution is -2.45. The summed E-state index contributed by atoms with van der Waals surface area (Å²) in [5.74, 6) is 1.56.